The number of rotatable bonds is 7. The van der Waals surface area contributed by atoms with Gasteiger partial charge in [0.05, 0.1) is 6.61 Å². The monoisotopic (exact) mass is 324 g/mol. The third-order valence-corrected chi connectivity index (χ3v) is 3.71. The van der Waals surface area contributed by atoms with E-state index in [1.165, 1.54) is 0 Å². The molecule has 1 saturated carbocycles. The van der Waals surface area contributed by atoms with Crippen molar-refractivity contribution in [2.24, 2.45) is 5.92 Å². The number of benzene rings is 2. The fourth-order valence-electron chi connectivity index (χ4n) is 2.30. The number of hydrogen-bond donors (Lipinski definition) is 2. The average molecular weight is 324 g/mol. The Balaban J connectivity index is 1.46. The highest BCUT2D eigenvalue weighted by atomic mass is 16.5. The maximum atomic E-state index is 11.9. The fraction of sp³-hybridized carbons (Fsp3) is 0.263. The molecule has 0 aromatic heterocycles. The molecule has 0 heterocycles. The Morgan fingerprint density at radius 1 is 0.958 bits per heavy atom. The lowest BCUT2D eigenvalue weighted by molar-refractivity contribution is -0.121. The first kappa shape index (κ1) is 16.2. The second-order valence-corrected chi connectivity index (χ2v) is 5.87. The third-order valence-electron chi connectivity index (χ3n) is 3.71. The number of hydrogen-bond acceptors (Lipinski definition) is 3. The zero-order chi connectivity index (χ0) is 16.8. The van der Waals surface area contributed by atoms with Gasteiger partial charge in [0.1, 0.15) is 6.61 Å². The number of carbonyl (C=O) groups excluding carboxylic acids is 2. The summed E-state index contributed by atoms with van der Waals surface area (Å²) in [4.78, 5) is 23.7. The van der Waals surface area contributed by atoms with E-state index in [4.69, 9.17) is 4.74 Å². The van der Waals surface area contributed by atoms with Gasteiger partial charge in [0.25, 0.3) is 0 Å². The lowest BCUT2D eigenvalue weighted by Crippen LogP contribution is -2.18. The molecule has 0 bridgehead atoms. The van der Waals surface area contributed by atoms with Crippen molar-refractivity contribution < 1.29 is 14.3 Å². The topological polar surface area (TPSA) is 67.4 Å². The van der Waals surface area contributed by atoms with Crippen LogP contribution in [0.2, 0.25) is 0 Å². The summed E-state index contributed by atoms with van der Waals surface area (Å²) in [6, 6.07) is 16.8. The van der Waals surface area contributed by atoms with E-state index in [0.29, 0.717) is 18.0 Å². The zero-order valence-corrected chi connectivity index (χ0v) is 13.3. The number of carbonyl (C=O) groups is 2. The normalized spacial score (nSPS) is 13.3. The highest BCUT2D eigenvalue weighted by Gasteiger charge is 2.29. The number of amides is 2. The summed E-state index contributed by atoms with van der Waals surface area (Å²) >= 11 is 0. The molecule has 5 nitrogen and oxygen atoms in total. The van der Waals surface area contributed by atoms with Crippen LogP contribution in [0, 0.1) is 5.92 Å². The van der Waals surface area contributed by atoms with Crippen LogP contribution in [-0.4, -0.2) is 18.4 Å². The van der Waals surface area contributed by atoms with Crippen molar-refractivity contribution in [2.45, 2.75) is 19.4 Å². The largest absolute Gasteiger partial charge is 0.367 e. The number of ether oxygens (including phenoxy) is 1. The summed E-state index contributed by atoms with van der Waals surface area (Å²) in [6.45, 7) is 0.374. The highest BCUT2D eigenvalue weighted by Crippen LogP contribution is 2.30. The minimum absolute atomic E-state index is 0.0203. The van der Waals surface area contributed by atoms with Crippen molar-refractivity contribution in [3.05, 3.63) is 60.2 Å². The second kappa shape index (κ2) is 7.75. The van der Waals surface area contributed by atoms with Crippen molar-refractivity contribution in [1.82, 2.24) is 0 Å². The number of anilines is 2. The van der Waals surface area contributed by atoms with Crippen LogP contribution in [0.25, 0.3) is 0 Å². The Morgan fingerprint density at radius 2 is 1.67 bits per heavy atom. The van der Waals surface area contributed by atoms with E-state index in [9.17, 15) is 9.59 Å². The Bertz CT molecular complexity index is 712. The van der Waals surface area contributed by atoms with Crippen molar-refractivity contribution in [3.63, 3.8) is 0 Å². The molecule has 0 aliphatic heterocycles. The molecule has 2 amide bonds. The van der Waals surface area contributed by atoms with Crippen molar-refractivity contribution >= 4 is 23.2 Å². The lowest BCUT2D eigenvalue weighted by atomic mass is 10.2. The summed E-state index contributed by atoms with van der Waals surface area (Å²) in [6.07, 6.45) is 1.92. The molecule has 0 spiro atoms. The Morgan fingerprint density at radius 3 is 2.38 bits per heavy atom. The fourth-order valence-corrected chi connectivity index (χ4v) is 2.30. The van der Waals surface area contributed by atoms with E-state index in [1.54, 1.807) is 18.2 Å². The third kappa shape index (κ3) is 4.93. The van der Waals surface area contributed by atoms with Gasteiger partial charge in [-0.05, 0) is 36.6 Å². The Kier molecular flexibility index (Phi) is 5.23. The van der Waals surface area contributed by atoms with Crippen LogP contribution in [0.4, 0.5) is 11.4 Å². The summed E-state index contributed by atoms with van der Waals surface area (Å²) in [5.74, 6) is -0.0316. The van der Waals surface area contributed by atoms with E-state index >= 15 is 0 Å². The first-order valence-electron chi connectivity index (χ1n) is 8.03. The van der Waals surface area contributed by atoms with Gasteiger partial charge in [-0.3, -0.25) is 9.59 Å². The van der Waals surface area contributed by atoms with Gasteiger partial charge in [-0.2, -0.15) is 0 Å². The Hall–Kier alpha value is -2.66. The summed E-state index contributed by atoms with van der Waals surface area (Å²) < 4.78 is 5.41. The molecular weight excluding hydrogens is 304 g/mol. The van der Waals surface area contributed by atoms with Crippen molar-refractivity contribution in [3.8, 4) is 0 Å². The van der Waals surface area contributed by atoms with Gasteiger partial charge in [-0.1, -0.05) is 36.4 Å². The van der Waals surface area contributed by atoms with E-state index in [2.05, 4.69) is 10.6 Å². The van der Waals surface area contributed by atoms with Crippen LogP contribution >= 0.6 is 0 Å². The van der Waals surface area contributed by atoms with Crippen molar-refractivity contribution in [2.75, 3.05) is 17.2 Å². The van der Waals surface area contributed by atoms with Gasteiger partial charge in [0, 0.05) is 17.3 Å². The SMILES string of the molecule is O=C(COCc1ccccc1)Nc1cccc(NC(=O)C2CC2)c1. The molecule has 2 aromatic rings. The summed E-state index contributed by atoms with van der Waals surface area (Å²) in [7, 11) is 0. The number of nitrogens with one attached hydrogen (secondary N) is 2. The van der Waals surface area contributed by atoms with Crippen LogP contribution in [0.1, 0.15) is 18.4 Å². The average Bonchev–Trinajstić information content (AvgIpc) is 3.41. The zero-order valence-electron chi connectivity index (χ0n) is 13.3. The molecule has 2 aromatic carbocycles. The molecule has 124 valence electrons. The summed E-state index contributed by atoms with van der Waals surface area (Å²) in [5.41, 5.74) is 2.35. The molecular formula is C19H20N2O3. The van der Waals surface area contributed by atoms with Gasteiger partial charge >= 0.3 is 0 Å². The van der Waals surface area contributed by atoms with Crippen LogP contribution in [-0.2, 0) is 20.9 Å². The molecule has 1 aliphatic carbocycles. The van der Waals surface area contributed by atoms with Gasteiger partial charge < -0.3 is 15.4 Å². The molecule has 0 saturated heterocycles. The highest BCUT2D eigenvalue weighted by molar-refractivity contribution is 5.96. The van der Waals surface area contributed by atoms with Crippen LogP contribution in [0.3, 0.4) is 0 Å². The van der Waals surface area contributed by atoms with Crippen LogP contribution in [0.15, 0.2) is 54.6 Å². The van der Waals surface area contributed by atoms with E-state index in [1.807, 2.05) is 36.4 Å². The molecule has 1 fully saturated rings. The molecule has 0 atom stereocenters. The Labute approximate surface area is 141 Å². The van der Waals surface area contributed by atoms with Crippen molar-refractivity contribution in [1.29, 1.82) is 0 Å². The van der Waals surface area contributed by atoms with E-state index in [-0.39, 0.29) is 24.3 Å². The molecule has 2 N–H and O–H groups in total. The van der Waals surface area contributed by atoms with E-state index in [0.717, 1.165) is 18.4 Å². The molecule has 1 aliphatic rings. The van der Waals surface area contributed by atoms with E-state index < -0.39 is 0 Å². The van der Waals surface area contributed by atoms with Crippen LogP contribution < -0.4 is 10.6 Å². The minimum atomic E-state index is -0.225. The summed E-state index contributed by atoms with van der Waals surface area (Å²) in [5, 5.41) is 5.63. The lowest BCUT2D eigenvalue weighted by Gasteiger charge is -2.09. The molecule has 24 heavy (non-hydrogen) atoms. The first-order chi connectivity index (χ1) is 11.7. The quantitative estimate of drug-likeness (QED) is 0.822. The second-order valence-electron chi connectivity index (χ2n) is 5.87. The van der Waals surface area contributed by atoms with Gasteiger partial charge in [-0.25, -0.2) is 0 Å². The maximum absolute atomic E-state index is 11.9. The maximum Gasteiger partial charge on any atom is 0.250 e. The predicted octanol–water partition coefficient (Wildman–Crippen LogP) is 3.19. The van der Waals surface area contributed by atoms with Gasteiger partial charge in [-0.15, -0.1) is 0 Å². The standard InChI is InChI=1S/C19H20N2O3/c22-18(13-24-12-14-5-2-1-3-6-14)20-16-7-4-8-17(11-16)21-19(23)15-9-10-15/h1-8,11,15H,9-10,12-13H2,(H,20,22)(H,21,23). The smallest absolute Gasteiger partial charge is 0.250 e. The molecule has 5 heteroatoms. The van der Waals surface area contributed by atoms with Gasteiger partial charge in [0.15, 0.2) is 0 Å². The predicted molar refractivity (Wildman–Crippen MR) is 92.5 cm³/mol. The molecule has 0 radical (unpaired) electrons. The minimum Gasteiger partial charge on any atom is -0.367 e. The molecule has 0 unspecified atom stereocenters. The molecule has 3 rings (SSSR count). The van der Waals surface area contributed by atoms with Crippen LogP contribution in [0.5, 0.6) is 0 Å². The first-order valence-corrected chi connectivity index (χ1v) is 8.03. The van der Waals surface area contributed by atoms with Gasteiger partial charge in [0.2, 0.25) is 11.8 Å².